The first-order valence-corrected chi connectivity index (χ1v) is 6.96. The molecule has 2 aromatic rings. The lowest BCUT2D eigenvalue weighted by Crippen LogP contribution is -1.94. The fourth-order valence-electron chi connectivity index (χ4n) is 1.41. The molecule has 0 bridgehead atoms. The SMILES string of the molecule is CC.CCC(=O)c1sc(-c2ccccn2)nc1C. The van der Waals surface area contributed by atoms with E-state index >= 15 is 0 Å². The van der Waals surface area contributed by atoms with Crippen LogP contribution in [0.5, 0.6) is 0 Å². The molecule has 0 aromatic carbocycles. The summed E-state index contributed by atoms with van der Waals surface area (Å²) < 4.78 is 0. The van der Waals surface area contributed by atoms with Gasteiger partial charge in [-0.15, -0.1) is 11.3 Å². The van der Waals surface area contributed by atoms with E-state index in [0.29, 0.717) is 6.42 Å². The number of hydrogen-bond donors (Lipinski definition) is 0. The Morgan fingerprint density at radius 1 is 1.33 bits per heavy atom. The van der Waals surface area contributed by atoms with Crippen molar-refractivity contribution < 1.29 is 4.79 Å². The van der Waals surface area contributed by atoms with Gasteiger partial charge in [-0.3, -0.25) is 9.78 Å². The molecule has 0 aliphatic rings. The van der Waals surface area contributed by atoms with Gasteiger partial charge in [-0.1, -0.05) is 26.8 Å². The molecular weight excluding hydrogens is 244 g/mol. The first-order valence-electron chi connectivity index (χ1n) is 6.14. The zero-order chi connectivity index (χ0) is 13.5. The summed E-state index contributed by atoms with van der Waals surface area (Å²) in [4.78, 5) is 21.0. The largest absolute Gasteiger partial charge is 0.293 e. The van der Waals surface area contributed by atoms with Gasteiger partial charge in [0.05, 0.1) is 16.3 Å². The quantitative estimate of drug-likeness (QED) is 0.781. The zero-order valence-corrected chi connectivity index (χ0v) is 12.0. The van der Waals surface area contributed by atoms with E-state index in [1.807, 2.05) is 45.9 Å². The van der Waals surface area contributed by atoms with Gasteiger partial charge in [-0.05, 0) is 19.1 Å². The van der Waals surface area contributed by atoms with Crippen LogP contribution in [0.3, 0.4) is 0 Å². The maximum absolute atomic E-state index is 11.6. The van der Waals surface area contributed by atoms with Crippen LogP contribution in [0.25, 0.3) is 10.7 Å². The van der Waals surface area contributed by atoms with Crippen LogP contribution in [-0.2, 0) is 0 Å². The van der Waals surface area contributed by atoms with Gasteiger partial charge in [-0.2, -0.15) is 0 Å². The summed E-state index contributed by atoms with van der Waals surface area (Å²) in [7, 11) is 0. The Bertz CT molecular complexity index is 506. The lowest BCUT2D eigenvalue weighted by Gasteiger charge is -1.92. The molecule has 0 fully saturated rings. The first-order chi connectivity index (χ1) is 8.72. The fraction of sp³-hybridized carbons (Fsp3) is 0.357. The van der Waals surface area contributed by atoms with Crippen molar-refractivity contribution in [2.45, 2.75) is 34.1 Å². The number of thiazole rings is 1. The van der Waals surface area contributed by atoms with Crippen LogP contribution in [0.15, 0.2) is 24.4 Å². The number of Topliss-reactive ketones (excluding diaryl/α,β-unsaturated/α-hetero) is 1. The molecule has 0 spiro atoms. The van der Waals surface area contributed by atoms with Crippen LogP contribution in [0, 0.1) is 6.92 Å². The molecule has 0 saturated carbocycles. The molecule has 2 aromatic heterocycles. The number of rotatable bonds is 3. The van der Waals surface area contributed by atoms with Crippen molar-refractivity contribution in [1.29, 1.82) is 0 Å². The van der Waals surface area contributed by atoms with Crippen molar-refractivity contribution in [1.82, 2.24) is 9.97 Å². The van der Waals surface area contributed by atoms with E-state index in [4.69, 9.17) is 0 Å². The second-order valence-corrected chi connectivity index (χ2v) is 4.42. The third-order valence-corrected chi connectivity index (χ3v) is 3.48. The standard InChI is InChI=1S/C12H12N2OS.C2H6/c1-3-10(15)11-8(2)14-12(16-11)9-6-4-5-7-13-9;1-2/h4-7H,3H2,1-2H3;1-2H3. The molecule has 3 nitrogen and oxygen atoms in total. The third kappa shape index (κ3) is 3.23. The molecule has 0 atom stereocenters. The second kappa shape index (κ2) is 7.01. The van der Waals surface area contributed by atoms with Crippen LogP contribution in [0.4, 0.5) is 0 Å². The van der Waals surface area contributed by atoms with E-state index in [1.54, 1.807) is 6.20 Å². The maximum Gasteiger partial charge on any atom is 0.174 e. The summed E-state index contributed by atoms with van der Waals surface area (Å²) in [5, 5.41) is 0.815. The Hall–Kier alpha value is -1.55. The van der Waals surface area contributed by atoms with Gasteiger partial charge in [0.1, 0.15) is 5.01 Å². The Morgan fingerprint density at radius 2 is 2.06 bits per heavy atom. The number of aryl methyl sites for hydroxylation is 1. The van der Waals surface area contributed by atoms with Crippen molar-refractivity contribution in [3.63, 3.8) is 0 Å². The molecule has 2 rings (SSSR count). The number of carbonyl (C=O) groups is 1. The number of nitrogens with zero attached hydrogens (tertiary/aromatic N) is 2. The van der Waals surface area contributed by atoms with Gasteiger partial charge in [-0.25, -0.2) is 4.98 Å². The highest BCUT2D eigenvalue weighted by molar-refractivity contribution is 7.17. The smallest absolute Gasteiger partial charge is 0.174 e. The molecule has 0 radical (unpaired) electrons. The lowest BCUT2D eigenvalue weighted by molar-refractivity contribution is 0.0991. The van der Waals surface area contributed by atoms with E-state index in [1.165, 1.54) is 11.3 Å². The molecule has 0 amide bonds. The molecule has 0 saturated heterocycles. The van der Waals surface area contributed by atoms with Crippen molar-refractivity contribution in [3.8, 4) is 10.7 Å². The van der Waals surface area contributed by atoms with Gasteiger partial charge in [0.2, 0.25) is 0 Å². The lowest BCUT2D eigenvalue weighted by atomic mass is 10.2. The van der Waals surface area contributed by atoms with Crippen LogP contribution in [0.2, 0.25) is 0 Å². The minimum absolute atomic E-state index is 0.150. The normalized spacial score (nSPS) is 9.56. The average molecular weight is 262 g/mol. The number of aromatic nitrogens is 2. The predicted octanol–water partition coefficient (Wildman–Crippen LogP) is 4.13. The molecule has 0 N–H and O–H groups in total. The third-order valence-electron chi connectivity index (χ3n) is 2.25. The second-order valence-electron chi connectivity index (χ2n) is 3.43. The van der Waals surface area contributed by atoms with Crippen molar-refractivity contribution in [2.24, 2.45) is 0 Å². The van der Waals surface area contributed by atoms with Crippen LogP contribution < -0.4 is 0 Å². The monoisotopic (exact) mass is 262 g/mol. The van der Waals surface area contributed by atoms with Gasteiger partial charge in [0.25, 0.3) is 0 Å². The summed E-state index contributed by atoms with van der Waals surface area (Å²) in [5.74, 6) is 0.150. The Labute approximate surface area is 112 Å². The van der Waals surface area contributed by atoms with Gasteiger partial charge < -0.3 is 0 Å². The molecular formula is C14H18N2OS. The number of carbonyl (C=O) groups excluding carboxylic acids is 1. The highest BCUT2D eigenvalue weighted by Crippen LogP contribution is 2.27. The molecule has 0 aliphatic carbocycles. The summed E-state index contributed by atoms with van der Waals surface area (Å²) in [6.45, 7) is 7.73. The van der Waals surface area contributed by atoms with Crippen molar-refractivity contribution in [3.05, 3.63) is 35.0 Å². The molecule has 0 aliphatic heterocycles. The summed E-state index contributed by atoms with van der Waals surface area (Å²) in [6, 6.07) is 5.68. The molecule has 96 valence electrons. The Morgan fingerprint density at radius 3 is 2.61 bits per heavy atom. The number of hydrogen-bond acceptors (Lipinski definition) is 4. The van der Waals surface area contributed by atoms with Gasteiger partial charge >= 0.3 is 0 Å². The van der Waals surface area contributed by atoms with E-state index in [0.717, 1.165) is 21.3 Å². The van der Waals surface area contributed by atoms with E-state index < -0.39 is 0 Å². The molecule has 18 heavy (non-hydrogen) atoms. The van der Waals surface area contributed by atoms with Crippen molar-refractivity contribution >= 4 is 17.1 Å². The molecule has 4 heteroatoms. The number of ketones is 1. The zero-order valence-electron chi connectivity index (χ0n) is 11.2. The van der Waals surface area contributed by atoms with Gasteiger partial charge in [0, 0.05) is 12.6 Å². The maximum atomic E-state index is 11.6. The summed E-state index contributed by atoms with van der Waals surface area (Å²) >= 11 is 1.42. The minimum Gasteiger partial charge on any atom is -0.293 e. The Kier molecular flexibility index (Phi) is 5.65. The van der Waals surface area contributed by atoms with Crippen LogP contribution >= 0.6 is 11.3 Å². The van der Waals surface area contributed by atoms with E-state index in [9.17, 15) is 4.79 Å². The fourth-order valence-corrected chi connectivity index (χ4v) is 2.47. The minimum atomic E-state index is 0.150. The Balaban J connectivity index is 0.000000771. The molecule has 0 unspecified atom stereocenters. The topological polar surface area (TPSA) is 42.9 Å². The molecule has 2 heterocycles. The highest BCUT2D eigenvalue weighted by atomic mass is 32.1. The highest BCUT2D eigenvalue weighted by Gasteiger charge is 2.14. The van der Waals surface area contributed by atoms with E-state index in [-0.39, 0.29) is 5.78 Å². The summed E-state index contributed by atoms with van der Waals surface area (Å²) in [5.41, 5.74) is 1.63. The summed E-state index contributed by atoms with van der Waals surface area (Å²) in [6.07, 6.45) is 2.25. The van der Waals surface area contributed by atoms with Gasteiger partial charge in [0.15, 0.2) is 5.78 Å². The van der Waals surface area contributed by atoms with Crippen LogP contribution in [0.1, 0.15) is 42.6 Å². The predicted molar refractivity (Wildman–Crippen MR) is 76.1 cm³/mol. The van der Waals surface area contributed by atoms with Crippen LogP contribution in [-0.4, -0.2) is 15.8 Å². The van der Waals surface area contributed by atoms with E-state index in [2.05, 4.69) is 9.97 Å². The van der Waals surface area contributed by atoms with Crippen molar-refractivity contribution in [2.75, 3.05) is 0 Å². The average Bonchev–Trinajstić information content (AvgIpc) is 2.83. The first kappa shape index (κ1) is 14.5. The number of pyridine rings is 1.